The number of ether oxygens (including phenoxy) is 1. The number of aromatic nitrogens is 2. The standard InChI is InChI=1S/C27H35N5O2/c1-19(28)27(20(2)33)24-10-11-26-25(30-24)18-22(7-4-21-5-8-23(34-3)9-6-21)32(26)17-16-31-14-12-29-13-15-31/h5-6,8-11,18,29H,4,7,12-17,28H2,1-3H3. The second kappa shape index (κ2) is 10.8. The Kier molecular flexibility index (Phi) is 7.65. The van der Waals surface area contributed by atoms with Gasteiger partial charge in [-0.3, -0.25) is 9.69 Å². The van der Waals surface area contributed by atoms with E-state index in [2.05, 4.69) is 39.0 Å². The predicted molar refractivity (Wildman–Crippen MR) is 137 cm³/mol. The number of allylic oxidation sites excluding steroid dienone is 2. The number of piperazine rings is 1. The summed E-state index contributed by atoms with van der Waals surface area (Å²) in [6, 6.07) is 14.4. The van der Waals surface area contributed by atoms with Crippen molar-refractivity contribution in [2.45, 2.75) is 33.2 Å². The normalized spacial score (nSPS) is 15.4. The number of pyridine rings is 1. The topological polar surface area (TPSA) is 85.4 Å². The SMILES string of the molecule is COc1ccc(CCc2cc3nc(C(C(C)=O)=C(C)N)ccc3n2CCN2CCNCC2)cc1. The highest BCUT2D eigenvalue weighted by atomic mass is 16.5. The van der Waals surface area contributed by atoms with Crippen LogP contribution in [-0.2, 0) is 24.2 Å². The molecule has 0 radical (unpaired) electrons. The number of Topliss-reactive ketones (excluding diaryl/α,β-unsaturated/α-hetero) is 1. The molecule has 3 N–H and O–H groups in total. The third-order valence-corrected chi connectivity index (χ3v) is 6.52. The van der Waals surface area contributed by atoms with Gasteiger partial charge in [0.05, 0.1) is 29.4 Å². The number of aryl methyl sites for hydroxylation is 2. The summed E-state index contributed by atoms with van der Waals surface area (Å²) in [4.78, 5) is 19.5. The number of carbonyl (C=O) groups excluding carboxylic acids is 1. The molecule has 4 rings (SSSR count). The lowest BCUT2D eigenvalue weighted by Gasteiger charge is -2.27. The third kappa shape index (κ3) is 5.48. The van der Waals surface area contributed by atoms with E-state index >= 15 is 0 Å². The number of hydrogen-bond donors (Lipinski definition) is 2. The molecule has 180 valence electrons. The Bertz CT molecular complexity index is 1170. The highest BCUT2D eigenvalue weighted by Gasteiger charge is 2.17. The number of fused-ring (bicyclic) bond motifs is 1. The van der Waals surface area contributed by atoms with Crippen molar-refractivity contribution in [1.82, 2.24) is 19.8 Å². The molecular formula is C27H35N5O2. The van der Waals surface area contributed by atoms with Gasteiger partial charge in [0, 0.05) is 50.7 Å². The first kappa shape index (κ1) is 24.0. The number of nitrogens with one attached hydrogen (secondary N) is 1. The number of benzene rings is 1. The van der Waals surface area contributed by atoms with Gasteiger partial charge in [-0.2, -0.15) is 0 Å². The monoisotopic (exact) mass is 461 g/mol. The van der Waals surface area contributed by atoms with Crippen LogP contribution >= 0.6 is 0 Å². The zero-order valence-electron chi connectivity index (χ0n) is 20.4. The Morgan fingerprint density at radius 1 is 1.06 bits per heavy atom. The zero-order valence-corrected chi connectivity index (χ0v) is 20.4. The molecule has 0 atom stereocenters. The fourth-order valence-electron chi connectivity index (χ4n) is 4.70. The van der Waals surface area contributed by atoms with Crippen LogP contribution in [0.5, 0.6) is 5.75 Å². The van der Waals surface area contributed by atoms with Gasteiger partial charge in [-0.1, -0.05) is 12.1 Å². The van der Waals surface area contributed by atoms with Crippen LogP contribution in [0, 0.1) is 0 Å². The second-order valence-corrected chi connectivity index (χ2v) is 8.94. The van der Waals surface area contributed by atoms with Crippen molar-refractivity contribution in [1.29, 1.82) is 0 Å². The van der Waals surface area contributed by atoms with Crippen molar-refractivity contribution in [3.63, 3.8) is 0 Å². The highest BCUT2D eigenvalue weighted by molar-refractivity contribution is 6.19. The Hall–Kier alpha value is -3.16. The molecule has 7 nitrogen and oxygen atoms in total. The molecule has 0 spiro atoms. The van der Waals surface area contributed by atoms with E-state index in [4.69, 9.17) is 15.5 Å². The molecule has 0 unspecified atom stereocenters. The van der Waals surface area contributed by atoms with E-state index in [1.807, 2.05) is 18.2 Å². The average Bonchev–Trinajstić information content (AvgIpc) is 3.18. The predicted octanol–water partition coefficient (Wildman–Crippen LogP) is 3.01. The van der Waals surface area contributed by atoms with E-state index in [-0.39, 0.29) is 5.78 Å². The summed E-state index contributed by atoms with van der Waals surface area (Å²) in [5, 5.41) is 3.42. The molecule has 1 fully saturated rings. The smallest absolute Gasteiger partial charge is 0.163 e. The van der Waals surface area contributed by atoms with Gasteiger partial charge in [0.1, 0.15) is 5.75 Å². The number of methoxy groups -OCH3 is 1. The third-order valence-electron chi connectivity index (χ3n) is 6.52. The van der Waals surface area contributed by atoms with Crippen LogP contribution < -0.4 is 15.8 Å². The second-order valence-electron chi connectivity index (χ2n) is 8.94. The maximum atomic E-state index is 12.2. The molecule has 0 saturated carbocycles. The van der Waals surface area contributed by atoms with E-state index in [0.717, 1.165) is 68.9 Å². The summed E-state index contributed by atoms with van der Waals surface area (Å²) in [7, 11) is 1.69. The minimum Gasteiger partial charge on any atom is -0.497 e. The van der Waals surface area contributed by atoms with Crippen LogP contribution in [0.1, 0.15) is 30.8 Å². The molecule has 1 aliphatic heterocycles. The van der Waals surface area contributed by atoms with Gasteiger partial charge >= 0.3 is 0 Å². The number of carbonyl (C=O) groups is 1. The van der Waals surface area contributed by atoms with Crippen molar-refractivity contribution in [3.8, 4) is 5.75 Å². The Balaban J connectivity index is 1.63. The van der Waals surface area contributed by atoms with Gasteiger partial charge in [0.15, 0.2) is 5.78 Å². The number of ketones is 1. The van der Waals surface area contributed by atoms with E-state index < -0.39 is 0 Å². The van der Waals surface area contributed by atoms with Crippen molar-refractivity contribution >= 4 is 22.4 Å². The minimum atomic E-state index is -0.0651. The van der Waals surface area contributed by atoms with Crippen molar-refractivity contribution in [2.24, 2.45) is 5.73 Å². The Morgan fingerprint density at radius 3 is 2.44 bits per heavy atom. The summed E-state index contributed by atoms with van der Waals surface area (Å²) in [6.07, 6.45) is 1.84. The maximum absolute atomic E-state index is 12.2. The fraction of sp³-hybridized carbons (Fsp3) is 0.407. The first-order valence-corrected chi connectivity index (χ1v) is 12.0. The molecule has 0 aliphatic carbocycles. The molecule has 34 heavy (non-hydrogen) atoms. The Labute approximate surface area is 201 Å². The van der Waals surface area contributed by atoms with Gasteiger partial charge < -0.3 is 20.4 Å². The summed E-state index contributed by atoms with van der Waals surface area (Å²) in [5.74, 6) is 0.805. The van der Waals surface area contributed by atoms with Gasteiger partial charge in [0.2, 0.25) is 0 Å². The quantitative estimate of drug-likeness (QED) is 0.477. The summed E-state index contributed by atoms with van der Waals surface area (Å²) in [6.45, 7) is 9.44. The number of rotatable bonds is 9. The Morgan fingerprint density at radius 2 is 1.79 bits per heavy atom. The molecule has 1 aliphatic rings. The number of hydrogen-bond acceptors (Lipinski definition) is 6. The number of nitrogens with two attached hydrogens (primary N) is 1. The van der Waals surface area contributed by atoms with E-state index in [9.17, 15) is 4.79 Å². The molecule has 1 aromatic carbocycles. The summed E-state index contributed by atoms with van der Waals surface area (Å²) < 4.78 is 7.68. The molecular weight excluding hydrogens is 426 g/mol. The first-order chi connectivity index (χ1) is 16.5. The van der Waals surface area contributed by atoms with Gasteiger partial charge in [-0.05, 0) is 62.6 Å². The van der Waals surface area contributed by atoms with Crippen LogP contribution in [0.3, 0.4) is 0 Å². The first-order valence-electron chi connectivity index (χ1n) is 12.0. The zero-order chi connectivity index (χ0) is 24.1. The molecule has 7 heteroatoms. The van der Waals surface area contributed by atoms with Crippen LogP contribution in [0.4, 0.5) is 0 Å². The molecule has 3 heterocycles. The largest absolute Gasteiger partial charge is 0.497 e. The van der Waals surface area contributed by atoms with Crippen LogP contribution in [0.15, 0.2) is 48.2 Å². The van der Waals surface area contributed by atoms with Crippen molar-refractivity contribution in [3.05, 3.63) is 65.1 Å². The van der Waals surface area contributed by atoms with Crippen LogP contribution in [0.2, 0.25) is 0 Å². The minimum absolute atomic E-state index is 0.0651. The lowest BCUT2D eigenvalue weighted by Crippen LogP contribution is -2.44. The fourth-order valence-corrected chi connectivity index (χ4v) is 4.70. The van der Waals surface area contributed by atoms with Gasteiger partial charge in [0.25, 0.3) is 0 Å². The number of nitrogens with zero attached hydrogens (tertiary/aromatic N) is 3. The van der Waals surface area contributed by atoms with Crippen LogP contribution in [-0.4, -0.2) is 60.1 Å². The van der Waals surface area contributed by atoms with E-state index in [0.29, 0.717) is 17.0 Å². The van der Waals surface area contributed by atoms with Gasteiger partial charge in [-0.25, -0.2) is 4.98 Å². The van der Waals surface area contributed by atoms with Crippen molar-refractivity contribution < 1.29 is 9.53 Å². The van der Waals surface area contributed by atoms with Gasteiger partial charge in [-0.15, -0.1) is 0 Å². The maximum Gasteiger partial charge on any atom is 0.163 e. The average molecular weight is 462 g/mol. The lowest BCUT2D eigenvalue weighted by atomic mass is 10.1. The summed E-state index contributed by atoms with van der Waals surface area (Å²) in [5.41, 5.74) is 12.2. The highest BCUT2D eigenvalue weighted by Crippen LogP contribution is 2.24. The molecule has 1 saturated heterocycles. The van der Waals surface area contributed by atoms with E-state index in [1.54, 1.807) is 14.0 Å². The molecule has 0 amide bonds. The summed E-state index contributed by atoms with van der Waals surface area (Å²) >= 11 is 0. The van der Waals surface area contributed by atoms with Crippen LogP contribution in [0.25, 0.3) is 16.6 Å². The molecule has 3 aromatic rings. The molecule has 2 aromatic heterocycles. The lowest BCUT2D eigenvalue weighted by molar-refractivity contribution is -0.111. The molecule has 0 bridgehead atoms. The van der Waals surface area contributed by atoms with Crippen molar-refractivity contribution in [2.75, 3.05) is 39.8 Å². The van der Waals surface area contributed by atoms with E-state index in [1.165, 1.54) is 18.2 Å².